The third kappa shape index (κ3) is 3.98. The van der Waals surface area contributed by atoms with Crippen LogP contribution in [0.25, 0.3) is 0 Å². The molecular weight excluding hydrogens is 240 g/mol. The lowest BCUT2D eigenvalue weighted by molar-refractivity contribution is -0.155. The van der Waals surface area contributed by atoms with Gasteiger partial charge in [-0.1, -0.05) is 25.5 Å². The smallest absolute Gasteiger partial charge is 0.306 e. The molecular formula is C16H22O3. The van der Waals surface area contributed by atoms with Crippen LogP contribution < -0.4 is 4.74 Å². The van der Waals surface area contributed by atoms with Gasteiger partial charge in [-0.3, -0.25) is 4.79 Å². The lowest BCUT2D eigenvalue weighted by Crippen LogP contribution is -2.29. The average molecular weight is 262 g/mol. The molecule has 0 unspecified atom stereocenters. The minimum atomic E-state index is -0.102. The highest BCUT2D eigenvalue weighted by Crippen LogP contribution is 2.22. The van der Waals surface area contributed by atoms with Gasteiger partial charge in [-0.15, -0.1) is 0 Å². The van der Waals surface area contributed by atoms with E-state index in [-0.39, 0.29) is 12.1 Å². The minimum Gasteiger partial charge on any atom is -0.489 e. The van der Waals surface area contributed by atoms with E-state index in [1.54, 1.807) is 0 Å². The fraction of sp³-hybridized carbons (Fsp3) is 0.562. The molecule has 1 aliphatic heterocycles. The van der Waals surface area contributed by atoms with Crippen molar-refractivity contribution in [2.75, 3.05) is 6.61 Å². The van der Waals surface area contributed by atoms with Gasteiger partial charge in [-0.25, -0.2) is 0 Å². The molecule has 1 aromatic rings. The van der Waals surface area contributed by atoms with Crippen LogP contribution >= 0.6 is 0 Å². The standard InChI is InChI=1S/C16H22O3/c1-3-5-13-8-9-15(12(2)10-13)18-11-14-6-4-7-16(17)19-14/h8-10,14H,3-7,11H2,1-2H3/t14-/m0/s1. The van der Waals surface area contributed by atoms with Crippen LogP contribution in [0.3, 0.4) is 0 Å². The van der Waals surface area contributed by atoms with Gasteiger partial charge >= 0.3 is 5.97 Å². The van der Waals surface area contributed by atoms with Gasteiger partial charge in [0.2, 0.25) is 0 Å². The van der Waals surface area contributed by atoms with E-state index in [9.17, 15) is 4.79 Å². The van der Waals surface area contributed by atoms with Crippen molar-refractivity contribution in [2.24, 2.45) is 0 Å². The van der Waals surface area contributed by atoms with Crippen LogP contribution in [0, 0.1) is 6.92 Å². The largest absolute Gasteiger partial charge is 0.489 e. The zero-order valence-electron chi connectivity index (χ0n) is 11.8. The lowest BCUT2D eigenvalue weighted by Gasteiger charge is -2.22. The fourth-order valence-electron chi connectivity index (χ4n) is 2.40. The van der Waals surface area contributed by atoms with Crippen LogP contribution in [0.4, 0.5) is 0 Å². The summed E-state index contributed by atoms with van der Waals surface area (Å²) in [5, 5.41) is 0. The second kappa shape index (κ2) is 6.60. The van der Waals surface area contributed by atoms with Gasteiger partial charge in [-0.05, 0) is 43.4 Å². The van der Waals surface area contributed by atoms with Gasteiger partial charge in [-0.2, -0.15) is 0 Å². The number of carbonyl (C=O) groups excluding carboxylic acids is 1. The van der Waals surface area contributed by atoms with Gasteiger partial charge in [0.15, 0.2) is 0 Å². The topological polar surface area (TPSA) is 35.5 Å². The van der Waals surface area contributed by atoms with Crippen LogP contribution in [0.2, 0.25) is 0 Å². The molecule has 0 saturated carbocycles. The summed E-state index contributed by atoms with van der Waals surface area (Å²) in [5.41, 5.74) is 2.49. The van der Waals surface area contributed by atoms with Gasteiger partial charge < -0.3 is 9.47 Å². The Labute approximate surface area is 114 Å². The number of hydrogen-bond donors (Lipinski definition) is 0. The van der Waals surface area contributed by atoms with Crippen molar-refractivity contribution in [3.05, 3.63) is 29.3 Å². The van der Waals surface area contributed by atoms with Crippen LogP contribution in [0.5, 0.6) is 5.75 Å². The molecule has 1 fully saturated rings. The summed E-state index contributed by atoms with van der Waals surface area (Å²) in [7, 11) is 0. The van der Waals surface area contributed by atoms with Crippen molar-refractivity contribution in [1.29, 1.82) is 0 Å². The second-order valence-corrected chi connectivity index (χ2v) is 5.16. The first-order valence-electron chi connectivity index (χ1n) is 7.11. The van der Waals surface area contributed by atoms with Crippen molar-refractivity contribution >= 4 is 5.97 Å². The zero-order valence-corrected chi connectivity index (χ0v) is 11.8. The van der Waals surface area contributed by atoms with E-state index in [0.717, 1.165) is 37.0 Å². The van der Waals surface area contributed by atoms with Crippen LogP contribution in [-0.4, -0.2) is 18.7 Å². The minimum absolute atomic E-state index is 0.0871. The first-order valence-corrected chi connectivity index (χ1v) is 7.11. The van der Waals surface area contributed by atoms with Crippen molar-refractivity contribution in [3.8, 4) is 5.75 Å². The molecule has 1 aliphatic rings. The normalized spacial score (nSPS) is 19.1. The maximum absolute atomic E-state index is 11.2. The predicted octanol–water partition coefficient (Wildman–Crippen LogP) is 3.42. The monoisotopic (exact) mass is 262 g/mol. The molecule has 0 bridgehead atoms. The Kier molecular flexibility index (Phi) is 4.83. The van der Waals surface area contributed by atoms with E-state index in [1.165, 1.54) is 5.56 Å². The average Bonchev–Trinajstić information content (AvgIpc) is 2.38. The first kappa shape index (κ1) is 13.9. The Hall–Kier alpha value is -1.51. The molecule has 0 aliphatic carbocycles. The molecule has 0 N–H and O–H groups in total. The number of esters is 1. The number of hydrogen-bond acceptors (Lipinski definition) is 3. The van der Waals surface area contributed by atoms with Crippen molar-refractivity contribution in [2.45, 2.75) is 52.1 Å². The molecule has 104 valence electrons. The van der Waals surface area contributed by atoms with E-state index in [0.29, 0.717) is 13.0 Å². The quantitative estimate of drug-likeness (QED) is 0.763. The maximum atomic E-state index is 11.2. The van der Waals surface area contributed by atoms with Crippen molar-refractivity contribution in [3.63, 3.8) is 0 Å². The predicted molar refractivity (Wildman–Crippen MR) is 74.4 cm³/mol. The van der Waals surface area contributed by atoms with E-state index in [1.807, 2.05) is 6.07 Å². The summed E-state index contributed by atoms with van der Waals surface area (Å²) < 4.78 is 11.0. The van der Waals surface area contributed by atoms with Crippen molar-refractivity contribution < 1.29 is 14.3 Å². The molecule has 2 rings (SSSR count). The summed E-state index contributed by atoms with van der Waals surface area (Å²) in [6.45, 7) is 4.69. The van der Waals surface area contributed by atoms with E-state index in [4.69, 9.17) is 9.47 Å². The Morgan fingerprint density at radius 3 is 2.95 bits per heavy atom. The number of benzene rings is 1. The zero-order chi connectivity index (χ0) is 13.7. The SMILES string of the molecule is CCCc1ccc(OC[C@@H]2CCCC(=O)O2)c(C)c1. The molecule has 1 aromatic carbocycles. The highest BCUT2D eigenvalue weighted by Gasteiger charge is 2.20. The Bertz CT molecular complexity index is 440. The highest BCUT2D eigenvalue weighted by molar-refractivity contribution is 5.70. The number of cyclic esters (lactones) is 1. The van der Waals surface area contributed by atoms with E-state index in [2.05, 4.69) is 26.0 Å². The molecule has 19 heavy (non-hydrogen) atoms. The van der Waals surface area contributed by atoms with Gasteiger partial charge in [0.25, 0.3) is 0 Å². The molecule has 1 saturated heterocycles. The number of carbonyl (C=O) groups is 1. The Balaban J connectivity index is 1.90. The second-order valence-electron chi connectivity index (χ2n) is 5.16. The lowest BCUT2D eigenvalue weighted by atomic mass is 10.1. The van der Waals surface area contributed by atoms with Crippen LogP contribution in [0.1, 0.15) is 43.7 Å². The fourth-order valence-corrected chi connectivity index (χ4v) is 2.40. The van der Waals surface area contributed by atoms with E-state index >= 15 is 0 Å². The number of rotatable bonds is 5. The summed E-state index contributed by atoms with van der Waals surface area (Å²) in [4.78, 5) is 11.2. The van der Waals surface area contributed by atoms with Gasteiger partial charge in [0.1, 0.15) is 18.5 Å². The summed E-state index contributed by atoms with van der Waals surface area (Å²) in [5.74, 6) is 0.788. The summed E-state index contributed by atoms with van der Waals surface area (Å²) in [6, 6.07) is 6.30. The molecule has 0 aromatic heterocycles. The molecule has 1 heterocycles. The number of ether oxygens (including phenoxy) is 2. The highest BCUT2D eigenvalue weighted by atomic mass is 16.6. The van der Waals surface area contributed by atoms with E-state index < -0.39 is 0 Å². The molecule has 3 nitrogen and oxygen atoms in total. The van der Waals surface area contributed by atoms with Gasteiger partial charge in [0.05, 0.1) is 0 Å². The summed E-state index contributed by atoms with van der Waals surface area (Å²) >= 11 is 0. The van der Waals surface area contributed by atoms with Gasteiger partial charge in [0, 0.05) is 6.42 Å². The third-order valence-electron chi connectivity index (χ3n) is 3.41. The molecule has 0 spiro atoms. The first-order chi connectivity index (χ1) is 9.19. The van der Waals surface area contributed by atoms with Crippen LogP contribution in [0.15, 0.2) is 18.2 Å². The Morgan fingerprint density at radius 1 is 1.42 bits per heavy atom. The molecule has 0 amide bonds. The van der Waals surface area contributed by atoms with Crippen molar-refractivity contribution in [1.82, 2.24) is 0 Å². The molecule has 3 heteroatoms. The third-order valence-corrected chi connectivity index (χ3v) is 3.41. The summed E-state index contributed by atoms with van der Waals surface area (Å²) in [6.07, 6.45) is 4.51. The molecule has 1 atom stereocenters. The number of aryl methyl sites for hydroxylation is 2. The molecule has 0 radical (unpaired) electrons. The van der Waals surface area contributed by atoms with Crippen LogP contribution in [-0.2, 0) is 16.0 Å². The maximum Gasteiger partial charge on any atom is 0.306 e. The Morgan fingerprint density at radius 2 is 2.26 bits per heavy atom.